The second kappa shape index (κ2) is 3.86. The zero-order valence-corrected chi connectivity index (χ0v) is 10.4. The first-order valence-electron chi connectivity index (χ1n) is 6.54. The van der Waals surface area contributed by atoms with Crippen LogP contribution in [0.4, 0.5) is 13.2 Å². The van der Waals surface area contributed by atoms with Crippen LogP contribution in [0.1, 0.15) is 32.1 Å². The van der Waals surface area contributed by atoms with Crippen LogP contribution in [0.3, 0.4) is 0 Å². The predicted octanol–water partition coefficient (Wildman–Crippen LogP) is 1.30. The number of piperazine rings is 1. The van der Waals surface area contributed by atoms with Gasteiger partial charge in [0.2, 0.25) is 11.8 Å². The van der Waals surface area contributed by atoms with Crippen molar-refractivity contribution in [3.8, 4) is 0 Å². The maximum absolute atomic E-state index is 13.1. The van der Waals surface area contributed by atoms with Gasteiger partial charge in [0.1, 0.15) is 18.1 Å². The smallest absolute Gasteiger partial charge is 0.329 e. The van der Waals surface area contributed by atoms with Gasteiger partial charge in [-0.05, 0) is 32.1 Å². The molecule has 3 fully saturated rings. The molecule has 0 aromatic carbocycles. The Bertz CT molecular complexity index is 431. The van der Waals surface area contributed by atoms with Crippen LogP contribution in [-0.4, -0.2) is 52.5 Å². The first-order chi connectivity index (χ1) is 8.87. The van der Waals surface area contributed by atoms with Crippen LogP contribution in [0, 0.1) is 0 Å². The number of amides is 2. The van der Waals surface area contributed by atoms with E-state index in [1.54, 1.807) is 0 Å². The second-order valence-corrected chi connectivity index (χ2v) is 5.55. The summed E-state index contributed by atoms with van der Waals surface area (Å²) in [6, 6.07) is -0.671. The molecule has 1 aliphatic carbocycles. The number of piperidine rings is 1. The fourth-order valence-electron chi connectivity index (χ4n) is 3.16. The summed E-state index contributed by atoms with van der Waals surface area (Å²) in [7, 11) is 0. The van der Waals surface area contributed by atoms with Crippen LogP contribution >= 0.6 is 0 Å². The van der Waals surface area contributed by atoms with Crippen LogP contribution < -0.4 is 0 Å². The summed E-state index contributed by atoms with van der Waals surface area (Å²) in [5, 5.41) is 0. The van der Waals surface area contributed by atoms with Gasteiger partial charge in [0.25, 0.3) is 0 Å². The van der Waals surface area contributed by atoms with Crippen LogP contribution in [0.15, 0.2) is 0 Å². The van der Waals surface area contributed by atoms with Crippen molar-refractivity contribution in [2.24, 2.45) is 0 Å². The van der Waals surface area contributed by atoms with Crippen molar-refractivity contribution < 1.29 is 22.8 Å². The fraction of sp³-hybridized carbons (Fsp3) is 0.833. The highest BCUT2D eigenvalue weighted by Gasteiger charge is 2.69. The molecule has 0 spiro atoms. The molecule has 3 rings (SSSR count). The molecule has 2 saturated heterocycles. The minimum Gasteiger partial charge on any atom is -0.329 e. The highest BCUT2D eigenvalue weighted by Crippen LogP contribution is 2.54. The van der Waals surface area contributed by atoms with E-state index in [0.29, 0.717) is 13.0 Å². The Labute approximate surface area is 108 Å². The lowest BCUT2D eigenvalue weighted by atomic mass is 9.97. The average Bonchev–Trinajstić information content (AvgIpc) is 3.14. The number of nitrogens with zero attached hydrogens (tertiary/aromatic N) is 2. The number of hydrogen-bond donors (Lipinski definition) is 0. The molecule has 0 radical (unpaired) electrons. The second-order valence-electron chi connectivity index (χ2n) is 5.55. The third-order valence-corrected chi connectivity index (χ3v) is 4.44. The van der Waals surface area contributed by atoms with Gasteiger partial charge in [0.05, 0.1) is 0 Å². The normalized spacial score (nSPS) is 30.4. The predicted molar refractivity (Wildman–Crippen MR) is 59.1 cm³/mol. The number of rotatable bonds is 1. The van der Waals surface area contributed by atoms with Crippen molar-refractivity contribution in [1.29, 1.82) is 0 Å². The molecule has 2 aliphatic heterocycles. The zero-order chi connectivity index (χ0) is 13.8. The van der Waals surface area contributed by atoms with E-state index in [4.69, 9.17) is 0 Å². The molecular formula is C12H15F3N2O2. The third-order valence-electron chi connectivity index (χ3n) is 4.44. The van der Waals surface area contributed by atoms with Crippen molar-refractivity contribution in [2.45, 2.75) is 49.9 Å². The molecule has 3 aliphatic rings. The molecular weight excluding hydrogens is 261 g/mol. The van der Waals surface area contributed by atoms with E-state index in [-0.39, 0.29) is 18.7 Å². The Kier molecular flexibility index (Phi) is 2.59. The SMILES string of the molecule is O=C1CN(C2(C(F)(F)F)CC2)C(=O)C2CCCCN12. The molecule has 2 heterocycles. The number of halogens is 3. The van der Waals surface area contributed by atoms with E-state index in [1.165, 1.54) is 4.90 Å². The van der Waals surface area contributed by atoms with Crippen molar-refractivity contribution in [1.82, 2.24) is 9.80 Å². The lowest BCUT2D eigenvalue weighted by Gasteiger charge is -2.45. The Morgan fingerprint density at radius 3 is 2.42 bits per heavy atom. The number of fused-ring (bicyclic) bond motifs is 1. The molecule has 7 heteroatoms. The van der Waals surface area contributed by atoms with E-state index in [2.05, 4.69) is 0 Å². The van der Waals surface area contributed by atoms with Gasteiger partial charge in [-0.25, -0.2) is 0 Å². The summed E-state index contributed by atoms with van der Waals surface area (Å²) in [6.45, 7) is 0.0664. The Morgan fingerprint density at radius 2 is 1.84 bits per heavy atom. The van der Waals surface area contributed by atoms with Crippen LogP contribution in [0.5, 0.6) is 0 Å². The lowest BCUT2D eigenvalue weighted by molar-refractivity contribution is -0.208. The monoisotopic (exact) mass is 276 g/mol. The maximum Gasteiger partial charge on any atom is 0.411 e. The molecule has 0 N–H and O–H groups in total. The molecule has 0 aromatic rings. The van der Waals surface area contributed by atoms with Crippen molar-refractivity contribution in [3.63, 3.8) is 0 Å². The summed E-state index contributed by atoms with van der Waals surface area (Å²) >= 11 is 0. The average molecular weight is 276 g/mol. The Morgan fingerprint density at radius 1 is 1.16 bits per heavy atom. The fourth-order valence-corrected chi connectivity index (χ4v) is 3.16. The minimum atomic E-state index is -4.44. The van der Waals surface area contributed by atoms with E-state index in [9.17, 15) is 22.8 Å². The molecule has 2 amide bonds. The standard InChI is InChI=1S/C12H15F3N2O2/c13-12(14,15)11(4-5-11)17-7-9(18)16-6-2-1-3-8(16)10(17)19/h8H,1-7H2. The van der Waals surface area contributed by atoms with Gasteiger partial charge in [-0.3, -0.25) is 9.59 Å². The van der Waals surface area contributed by atoms with Gasteiger partial charge in [-0.2, -0.15) is 13.2 Å². The highest BCUT2D eigenvalue weighted by atomic mass is 19.4. The van der Waals surface area contributed by atoms with Crippen LogP contribution in [0.2, 0.25) is 0 Å². The first-order valence-corrected chi connectivity index (χ1v) is 6.54. The van der Waals surface area contributed by atoms with Gasteiger partial charge in [-0.1, -0.05) is 0 Å². The molecule has 4 nitrogen and oxygen atoms in total. The molecule has 1 atom stereocenters. The van der Waals surface area contributed by atoms with Crippen molar-refractivity contribution in [3.05, 3.63) is 0 Å². The third kappa shape index (κ3) is 1.74. The zero-order valence-electron chi connectivity index (χ0n) is 10.4. The molecule has 0 bridgehead atoms. The minimum absolute atomic E-state index is 0.0811. The number of alkyl halides is 3. The lowest BCUT2D eigenvalue weighted by Crippen LogP contribution is -2.66. The van der Waals surface area contributed by atoms with Crippen LogP contribution in [-0.2, 0) is 9.59 Å². The van der Waals surface area contributed by atoms with Gasteiger partial charge >= 0.3 is 6.18 Å². The summed E-state index contributed by atoms with van der Waals surface area (Å²) in [6.07, 6.45) is -2.52. The summed E-state index contributed by atoms with van der Waals surface area (Å²) < 4.78 is 39.3. The van der Waals surface area contributed by atoms with Crippen molar-refractivity contribution >= 4 is 11.8 Å². The van der Waals surface area contributed by atoms with Crippen LogP contribution in [0.25, 0.3) is 0 Å². The molecule has 1 saturated carbocycles. The Balaban J connectivity index is 1.88. The molecule has 19 heavy (non-hydrogen) atoms. The highest BCUT2D eigenvalue weighted by molar-refractivity contribution is 5.95. The maximum atomic E-state index is 13.1. The number of hydrogen-bond acceptors (Lipinski definition) is 2. The van der Waals surface area contributed by atoms with Gasteiger partial charge < -0.3 is 9.80 Å². The largest absolute Gasteiger partial charge is 0.411 e. The quantitative estimate of drug-likeness (QED) is 0.724. The van der Waals surface area contributed by atoms with E-state index < -0.39 is 30.2 Å². The molecule has 106 valence electrons. The van der Waals surface area contributed by atoms with E-state index in [1.807, 2.05) is 0 Å². The van der Waals surface area contributed by atoms with Gasteiger partial charge in [-0.15, -0.1) is 0 Å². The topological polar surface area (TPSA) is 40.6 Å². The van der Waals surface area contributed by atoms with Gasteiger partial charge in [0.15, 0.2) is 0 Å². The van der Waals surface area contributed by atoms with E-state index in [0.717, 1.165) is 17.7 Å². The van der Waals surface area contributed by atoms with Gasteiger partial charge in [0, 0.05) is 6.54 Å². The van der Waals surface area contributed by atoms with Crippen molar-refractivity contribution in [2.75, 3.05) is 13.1 Å². The molecule has 0 aromatic heterocycles. The summed E-state index contributed by atoms with van der Waals surface area (Å²) in [5.74, 6) is -0.867. The first kappa shape index (κ1) is 12.7. The van der Waals surface area contributed by atoms with E-state index >= 15 is 0 Å². The molecule has 1 unspecified atom stereocenters. The Hall–Kier alpha value is -1.27. The summed E-state index contributed by atoms with van der Waals surface area (Å²) in [4.78, 5) is 26.5. The number of carbonyl (C=O) groups is 2. The summed E-state index contributed by atoms with van der Waals surface area (Å²) in [5.41, 5.74) is -2.07. The number of carbonyl (C=O) groups excluding carboxylic acids is 2.